The van der Waals surface area contributed by atoms with E-state index in [2.05, 4.69) is 0 Å². The summed E-state index contributed by atoms with van der Waals surface area (Å²) in [5.74, 6) is -1.24. The van der Waals surface area contributed by atoms with Gasteiger partial charge in [-0.25, -0.2) is 0 Å². The summed E-state index contributed by atoms with van der Waals surface area (Å²) in [7, 11) is 1.60. The molecule has 0 radical (unpaired) electrons. The fourth-order valence-electron chi connectivity index (χ4n) is 3.58. The van der Waals surface area contributed by atoms with Gasteiger partial charge in [0.25, 0.3) is 0 Å². The lowest BCUT2D eigenvalue weighted by atomic mass is 9.89. The number of carboxylic acids is 1. The van der Waals surface area contributed by atoms with Crippen LogP contribution in [-0.4, -0.2) is 42.1 Å². The lowest BCUT2D eigenvalue weighted by Crippen LogP contribution is -2.33. The van der Waals surface area contributed by atoms with Gasteiger partial charge in [0.1, 0.15) is 5.75 Å². The van der Waals surface area contributed by atoms with Crippen LogP contribution >= 0.6 is 0 Å². The molecular formula is C21H23NO4. The molecule has 5 heteroatoms. The van der Waals surface area contributed by atoms with Crippen LogP contribution in [0.3, 0.4) is 0 Å². The van der Waals surface area contributed by atoms with Crippen molar-refractivity contribution < 1.29 is 19.4 Å². The summed E-state index contributed by atoms with van der Waals surface area (Å²) in [6.45, 7) is 2.53. The summed E-state index contributed by atoms with van der Waals surface area (Å²) in [5.41, 5.74) is 1.86. The zero-order valence-corrected chi connectivity index (χ0v) is 15.0. The van der Waals surface area contributed by atoms with Gasteiger partial charge in [0.15, 0.2) is 0 Å². The van der Waals surface area contributed by atoms with Crippen molar-refractivity contribution >= 4 is 11.9 Å². The van der Waals surface area contributed by atoms with Crippen molar-refractivity contribution in [3.8, 4) is 5.75 Å². The van der Waals surface area contributed by atoms with Crippen LogP contribution in [0.15, 0.2) is 54.6 Å². The van der Waals surface area contributed by atoms with Gasteiger partial charge >= 0.3 is 5.97 Å². The highest BCUT2D eigenvalue weighted by atomic mass is 16.5. The molecule has 1 heterocycles. The highest BCUT2D eigenvalue weighted by molar-refractivity contribution is 5.85. The molecular weight excluding hydrogens is 330 g/mol. The molecule has 2 aromatic carbocycles. The highest BCUT2D eigenvalue weighted by Crippen LogP contribution is 2.34. The number of carbonyl (C=O) groups excluding carboxylic acids is 1. The van der Waals surface area contributed by atoms with Gasteiger partial charge in [0, 0.05) is 19.0 Å². The number of amides is 1. The molecule has 1 aliphatic rings. The van der Waals surface area contributed by atoms with E-state index in [0.29, 0.717) is 6.54 Å². The second-order valence-corrected chi connectivity index (χ2v) is 6.70. The minimum absolute atomic E-state index is 0.0418. The van der Waals surface area contributed by atoms with Crippen LogP contribution in [-0.2, 0) is 9.59 Å². The van der Waals surface area contributed by atoms with Crippen LogP contribution < -0.4 is 4.74 Å². The minimum atomic E-state index is -0.855. The molecule has 0 saturated carbocycles. The molecule has 1 amide bonds. The Labute approximate surface area is 153 Å². The maximum atomic E-state index is 12.9. The van der Waals surface area contributed by atoms with E-state index in [1.54, 1.807) is 12.0 Å². The van der Waals surface area contributed by atoms with Crippen LogP contribution in [0, 0.1) is 5.92 Å². The standard InChI is InChI=1S/C21H23NO4/c1-14(15-8-10-17(26-2)11-9-15)20(23)22-12-18(19(13-22)21(24)25)16-6-4-3-5-7-16/h3-11,14,18-19H,12-13H2,1-2H3,(H,24,25)/t14?,18-,19-/m0/s1. The largest absolute Gasteiger partial charge is 0.497 e. The second kappa shape index (κ2) is 7.60. The van der Waals surface area contributed by atoms with Crippen molar-refractivity contribution in [3.05, 3.63) is 65.7 Å². The van der Waals surface area contributed by atoms with Gasteiger partial charge in [-0.15, -0.1) is 0 Å². The van der Waals surface area contributed by atoms with Crippen molar-refractivity contribution in [2.24, 2.45) is 5.92 Å². The Morgan fingerprint density at radius 1 is 1.08 bits per heavy atom. The Hall–Kier alpha value is -2.82. The normalized spacial score (nSPS) is 20.6. The number of likely N-dealkylation sites (tertiary alicyclic amines) is 1. The SMILES string of the molecule is COc1ccc(C(C)C(=O)N2C[C@H](C(=O)O)[C@H](c3ccccc3)C2)cc1. The maximum absolute atomic E-state index is 12.9. The van der Waals surface area contributed by atoms with Crippen molar-refractivity contribution in [1.82, 2.24) is 4.90 Å². The number of nitrogens with zero attached hydrogens (tertiary/aromatic N) is 1. The van der Waals surface area contributed by atoms with Crippen molar-refractivity contribution in [2.45, 2.75) is 18.8 Å². The number of methoxy groups -OCH3 is 1. The smallest absolute Gasteiger partial charge is 0.308 e. The number of hydrogen-bond donors (Lipinski definition) is 1. The summed E-state index contributed by atoms with van der Waals surface area (Å²) in [6.07, 6.45) is 0. The molecule has 5 nitrogen and oxygen atoms in total. The van der Waals surface area contributed by atoms with Crippen molar-refractivity contribution in [1.29, 1.82) is 0 Å². The minimum Gasteiger partial charge on any atom is -0.497 e. The number of benzene rings is 2. The Balaban J connectivity index is 1.78. The summed E-state index contributed by atoms with van der Waals surface area (Å²) >= 11 is 0. The molecule has 1 N–H and O–H groups in total. The van der Waals surface area contributed by atoms with Gasteiger partial charge in [-0.3, -0.25) is 9.59 Å². The van der Waals surface area contributed by atoms with E-state index < -0.39 is 11.9 Å². The van der Waals surface area contributed by atoms with Crippen molar-refractivity contribution in [3.63, 3.8) is 0 Å². The van der Waals surface area contributed by atoms with Gasteiger partial charge in [0.2, 0.25) is 5.91 Å². The molecule has 1 saturated heterocycles. The summed E-state index contributed by atoms with van der Waals surface area (Å²) < 4.78 is 5.15. The topological polar surface area (TPSA) is 66.8 Å². The van der Waals surface area contributed by atoms with Gasteiger partial charge in [-0.2, -0.15) is 0 Å². The fraction of sp³-hybridized carbons (Fsp3) is 0.333. The van der Waals surface area contributed by atoms with Gasteiger partial charge in [-0.05, 0) is 30.2 Å². The van der Waals surface area contributed by atoms with E-state index in [-0.39, 0.29) is 24.3 Å². The van der Waals surface area contributed by atoms with Crippen LogP contribution in [0.5, 0.6) is 5.75 Å². The van der Waals surface area contributed by atoms with E-state index in [0.717, 1.165) is 16.9 Å². The van der Waals surface area contributed by atoms with E-state index in [9.17, 15) is 14.7 Å². The molecule has 0 bridgehead atoms. The van der Waals surface area contributed by atoms with Gasteiger partial charge in [-0.1, -0.05) is 42.5 Å². The Morgan fingerprint density at radius 3 is 2.31 bits per heavy atom. The zero-order valence-electron chi connectivity index (χ0n) is 15.0. The second-order valence-electron chi connectivity index (χ2n) is 6.70. The van der Waals surface area contributed by atoms with E-state index in [1.807, 2.05) is 61.5 Å². The molecule has 1 unspecified atom stereocenters. The Kier molecular flexibility index (Phi) is 5.26. The van der Waals surface area contributed by atoms with E-state index in [4.69, 9.17) is 4.74 Å². The number of aliphatic carboxylic acids is 1. The number of carbonyl (C=O) groups is 2. The third-order valence-electron chi connectivity index (χ3n) is 5.16. The van der Waals surface area contributed by atoms with Crippen LogP contribution in [0.25, 0.3) is 0 Å². The molecule has 0 aromatic heterocycles. The third-order valence-corrected chi connectivity index (χ3v) is 5.16. The van der Waals surface area contributed by atoms with Crippen LogP contribution in [0.1, 0.15) is 29.9 Å². The molecule has 26 heavy (non-hydrogen) atoms. The van der Waals surface area contributed by atoms with E-state index >= 15 is 0 Å². The van der Waals surface area contributed by atoms with Gasteiger partial charge in [0.05, 0.1) is 18.9 Å². The molecule has 2 aromatic rings. The Morgan fingerprint density at radius 2 is 1.73 bits per heavy atom. The lowest BCUT2D eigenvalue weighted by molar-refractivity contribution is -0.141. The molecule has 1 fully saturated rings. The first-order chi connectivity index (χ1) is 12.5. The van der Waals surface area contributed by atoms with Crippen LogP contribution in [0.4, 0.5) is 0 Å². The fourth-order valence-corrected chi connectivity index (χ4v) is 3.58. The molecule has 1 aliphatic heterocycles. The lowest BCUT2D eigenvalue weighted by Gasteiger charge is -2.21. The number of carboxylic acid groups (broad SMARTS) is 1. The maximum Gasteiger partial charge on any atom is 0.308 e. The van der Waals surface area contributed by atoms with Gasteiger partial charge < -0.3 is 14.7 Å². The first-order valence-corrected chi connectivity index (χ1v) is 8.71. The highest BCUT2D eigenvalue weighted by Gasteiger charge is 2.41. The first kappa shape index (κ1) is 18.0. The molecule has 136 valence electrons. The summed E-state index contributed by atoms with van der Waals surface area (Å²) in [4.78, 5) is 26.3. The number of rotatable bonds is 5. The predicted molar refractivity (Wildman–Crippen MR) is 98.3 cm³/mol. The summed E-state index contributed by atoms with van der Waals surface area (Å²) in [5, 5.41) is 9.61. The average Bonchev–Trinajstić information content (AvgIpc) is 3.13. The Bertz CT molecular complexity index is 772. The molecule has 3 atom stereocenters. The molecule has 3 rings (SSSR count). The summed E-state index contributed by atoms with van der Waals surface area (Å²) in [6, 6.07) is 17.0. The first-order valence-electron chi connectivity index (χ1n) is 8.71. The third kappa shape index (κ3) is 3.57. The monoisotopic (exact) mass is 353 g/mol. The number of ether oxygens (including phenoxy) is 1. The average molecular weight is 353 g/mol. The van der Waals surface area contributed by atoms with Crippen LogP contribution in [0.2, 0.25) is 0 Å². The zero-order chi connectivity index (χ0) is 18.7. The van der Waals surface area contributed by atoms with E-state index in [1.165, 1.54) is 0 Å². The predicted octanol–water partition coefficient (Wildman–Crippen LogP) is 3.13. The molecule has 0 spiro atoms. The number of hydrogen-bond acceptors (Lipinski definition) is 3. The quantitative estimate of drug-likeness (QED) is 0.897. The molecule has 0 aliphatic carbocycles. The van der Waals surface area contributed by atoms with Crippen molar-refractivity contribution in [2.75, 3.05) is 20.2 Å².